The Balaban J connectivity index is 2.56. The minimum atomic E-state index is -0.334. The Morgan fingerprint density at radius 1 is 1.38 bits per heavy atom. The minimum Gasteiger partial charge on any atom is -0.377 e. The lowest BCUT2D eigenvalue weighted by Crippen LogP contribution is -2.39. The van der Waals surface area contributed by atoms with Crippen LogP contribution in [-0.4, -0.2) is 25.2 Å². The zero-order chi connectivity index (χ0) is 12.2. The fraction of sp³-hybridized carbons (Fsp3) is 0.417. The number of rotatable bonds is 4. The van der Waals surface area contributed by atoms with Crippen LogP contribution >= 0.6 is 22.6 Å². The average molecular weight is 333 g/mol. The van der Waals surface area contributed by atoms with Crippen LogP contribution in [0.3, 0.4) is 0 Å². The molecule has 1 aromatic rings. The quantitative estimate of drug-likeness (QED) is 0.860. The summed E-state index contributed by atoms with van der Waals surface area (Å²) in [5.41, 5.74) is 0.339. The standard InChI is InChI=1S/C12H16INO2/c1-12(2,16-3)8-14-11(15)9-4-6-10(13)7-5-9/h4-7H,8H2,1-3H3,(H,14,15). The van der Waals surface area contributed by atoms with E-state index in [2.05, 4.69) is 27.9 Å². The van der Waals surface area contributed by atoms with Crippen molar-refractivity contribution in [1.29, 1.82) is 0 Å². The van der Waals surface area contributed by atoms with Crippen LogP contribution in [0.4, 0.5) is 0 Å². The molecule has 0 radical (unpaired) electrons. The first-order chi connectivity index (χ1) is 7.44. The van der Waals surface area contributed by atoms with Crippen LogP contribution in [-0.2, 0) is 4.74 Å². The van der Waals surface area contributed by atoms with Crippen molar-refractivity contribution in [3.63, 3.8) is 0 Å². The molecule has 0 atom stereocenters. The van der Waals surface area contributed by atoms with Gasteiger partial charge in [-0.1, -0.05) is 0 Å². The predicted molar refractivity (Wildman–Crippen MR) is 72.6 cm³/mol. The Kier molecular flexibility index (Phi) is 4.73. The molecule has 3 nitrogen and oxygen atoms in total. The summed E-state index contributed by atoms with van der Waals surface area (Å²) in [4.78, 5) is 11.7. The van der Waals surface area contributed by atoms with Crippen LogP contribution in [0.15, 0.2) is 24.3 Å². The van der Waals surface area contributed by atoms with E-state index in [1.807, 2.05) is 38.1 Å². The van der Waals surface area contributed by atoms with E-state index >= 15 is 0 Å². The third-order valence-corrected chi connectivity index (χ3v) is 3.05. The van der Waals surface area contributed by atoms with Gasteiger partial charge < -0.3 is 10.1 Å². The Hall–Kier alpha value is -0.620. The number of nitrogens with one attached hydrogen (secondary N) is 1. The molecular weight excluding hydrogens is 317 g/mol. The molecule has 0 spiro atoms. The lowest BCUT2D eigenvalue weighted by molar-refractivity contribution is 0.0229. The number of amides is 1. The number of hydrogen-bond donors (Lipinski definition) is 1. The minimum absolute atomic E-state index is 0.0680. The van der Waals surface area contributed by atoms with Crippen molar-refractivity contribution in [2.24, 2.45) is 0 Å². The molecule has 0 heterocycles. The molecule has 0 aliphatic heterocycles. The number of carbonyl (C=O) groups is 1. The van der Waals surface area contributed by atoms with Crippen LogP contribution in [0.1, 0.15) is 24.2 Å². The first kappa shape index (κ1) is 13.4. The Labute approximate surface area is 110 Å². The molecule has 0 bridgehead atoms. The molecule has 1 amide bonds. The molecule has 88 valence electrons. The SMILES string of the molecule is COC(C)(C)CNC(=O)c1ccc(I)cc1. The number of carbonyl (C=O) groups excluding carboxylic acids is 1. The van der Waals surface area contributed by atoms with Crippen molar-refractivity contribution in [1.82, 2.24) is 5.32 Å². The monoisotopic (exact) mass is 333 g/mol. The van der Waals surface area contributed by atoms with Crippen LogP contribution in [0.5, 0.6) is 0 Å². The maximum atomic E-state index is 11.7. The van der Waals surface area contributed by atoms with Crippen molar-refractivity contribution in [3.05, 3.63) is 33.4 Å². The lowest BCUT2D eigenvalue weighted by Gasteiger charge is -2.23. The predicted octanol–water partition coefficient (Wildman–Crippen LogP) is 2.45. The van der Waals surface area contributed by atoms with E-state index in [0.717, 1.165) is 3.57 Å². The van der Waals surface area contributed by atoms with Gasteiger partial charge in [0.1, 0.15) is 0 Å². The van der Waals surface area contributed by atoms with Crippen LogP contribution in [0.2, 0.25) is 0 Å². The molecule has 16 heavy (non-hydrogen) atoms. The van der Waals surface area contributed by atoms with Gasteiger partial charge in [-0.15, -0.1) is 0 Å². The molecule has 1 rings (SSSR count). The summed E-state index contributed by atoms with van der Waals surface area (Å²) >= 11 is 2.21. The molecular formula is C12H16INO2. The highest BCUT2D eigenvalue weighted by atomic mass is 127. The third kappa shape index (κ3) is 4.09. The highest BCUT2D eigenvalue weighted by Crippen LogP contribution is 2.08. The molecule has 0 saturated carbocycles. The third-order valence-electron chi connectivity index (χ3n) is 2.33. The van der Waals surface area contributed by atoms with E-state index in [1.165, 1.54) is 0 Å². The van der Waals surface area contributed by atoms with Gasteiger partial charge in [-0.05, 0) is 60.7 Å². The second kappa shape index (κ2) is 5.63. The zero-order valence-corrected chi connectivity index (χ0v) is 11.9. The second-order valence-electron chi connectivity index (χ2n) is 4.15. The summed E-state index contributed by atoms with van der Waals surface area (Å²) in [7, 11) is 1.64. The normalized spacial score (nSPS) is 11.2. The van der Waals surface area contributed by atoms with Crippen LogP contribution in [0, 0.1) is 3.57 Å². The van der Waals surface area contributed by atoms with E-state index in [4.69, 9.17) is 4.74 Å². The maximum absolute atomic E-state index is 11.7. The van der Waals surface area contributed by atoms with Crippen molar-refractivity contribution < 1.29 is 9.53 Å². The van der Waals surface area contributed by atoms with Gasteiger partial charge in [0.25, 0.3) is 5.91 Å². The van der Waals surface area contributed by atoms with Gasteiger partial charge in [-0.25, -0.2) is 0 Å². The first-order valence-electron chi connectivity index (χ1n) is 5.03. The molecule has 0 saturated heterocycles. The number of hydrogen-bond acceptors (Lipinski definition) is 2. The lowest BCUT2D eigenvalue weighted by atomic mass is 10.1. The summed E-state index contributed by atoms with van der Waals surface area (Å²) < 4.78 is 6.34. The van der Waals surface area contributed by atoms with Crippen molar-refractivity contribution in [2.45, 2.75) is 19.4 Å². The van der Waals surface area contributed by atoms with Crippen molar-refractivity contribution in [2.75, 3.05) is 13.7 Å². The summed E-state index contributed by atoms with van der Waals surface area (Å²) in [6, 6.07) is 7.46. The maximum Gasteiger partial charge on any atom is 0.251 e. The molecule has 1 N–H and O–H groups in total. The first-order valence-corrected chi connectivity index (χ1v) is 6.11. The summed E-state index contributed by atoms with van der Waals surface area (Å²) in [6.07, 6.45) is 0. The number of ether oxygens (including phenoxy) is 1. The van der Waals surface area contributed by atoms with Gasteiger partial charge in [-0.2, -0.15) is 0 Å². The van der Waals surface area contributed by atoms with E-state index < -0.39 is 0 Å². The topological polar surface area (TPSA) is 38.3 Å². The van der Waals surface area contributed by atoms with E-state index in [1.54, 1.807) is 7.11 Å². The molecule has 0 unspecified atom stereocenters. The molecule has 0 aromatic heterocycles. The van der Waals surface area contributed by atoms with Crippen LogP contribution in [0.25, 0.3) is 0 Å². The molecule has 0 fully saturated rings. The van der Waals surface area contributed by atoms with Gasteiger partial charge in [0.2, 0.25) is 0 Å². The molecule has 4 heteroatoms. The van der Waals surface area contributed by atoms with E-state index in [-0.39, 0.29) is 11.5 Å². The fourth-order valence-electron chi connectivity index (χ4n) is 1.07. The van der Waals surface area contributed by atoms with E-state index in [0.29, 0.717) is 12.1 Å². The zero-order valence-electron chi connectivity index (χ0n) is 9.71. The van der Waals surface area contributed by atoms with Crippen LogP contribution < -0.4 is 5.32 Å². The highest BCUT2D eigenvalue weighted by Gasteiger charge is 2.17. The number of benzene rings is 1. The summed E-state index contributed by atoms with van der Waals surface area (Å²) in [5, 5.41) is 2.84. The second-order valence-corrected chi connectivity index (χ2v) is 5.40. The summed E-state index contributed by atoms with van der Waals surface area (Å²) in [6.45, 7) is 4.36. The fourth-order valence-corrected chi connectivity index (χ4v) is 1.43. The highest BCUT2D eigenvalue weighted by molar-refractivity contribution is 14.1. The van der Waals surface area contributed by atoms with Gasteiger partial charge in [-0.3, -0.25) is 4.79 Å². The van der Waals surface area contributed by atoms with E-state index in [9.17, 15) is 4.79 Å². The van der Waals surface area contributed by atoms with Gasteiger partial charge in [0.05, 0.1) is 5.60 Å². The van der Waals surface area contributed by atoms with Gasteiger partial charge in [0.15, 0.2) is 0 Å². The van der Waals surface area contributed by atoms with Crippen molar-refractivity contribution >= 4 is 28.5 Å². The Morgan fingerprint density at radius 3 is 2.44 bits per heavy atom. The number of halogens is 1. The Bertz CT molecular complexity index is 360. The largest absolute Gasteiger partial charge is 0.377 e. The smallest absolute Gasteiger partial charge is 0.251 e. The molecule has 0 aliphatic carbocycles. The number of methoxy groups -OCH3 is 1. The average Bonchev–Trinajstić information content (AvgIpc) is 2.27. The van der Waals surface area contributed by atoms with Gasteiger partial charge in [0, 0.05) is 22.8 Å². The molecule has 1 aromatic carbocycles. The Morgan fingerprint density at radius 2 is 1.94 bits per heavy atom. The van der Waals surface area contributed by atoms with Crippen molar-refractivity contribution in [3.8, 4) is 0 Å². The summed E-state index contributed by atoms with van der Waals surface area (Å²) in [5.74, 6) is -0.0680. The van der Waals surface area contributed by atoms with Gasteiger partial charge >= 0.3 is 0 Å². The molecule has 0 aliphatic rings.